The molecule has 1 aromatic heterocycles. The number of amides is 1. The Kier molecular flexibility index (Phi) is 4.30. The van der Waals surface area contributed by atoms with E-state index in [0.717, 1.165) is 19.3 Å². The average molecular weight is 367 g/mol. The third-order valence-electron chi connectivity index (χ3n) is 6.11. The molecule has 0 radical (unpaired) electrons. The van der Waals surface area contributed by atoms with E-state index in [4.69, 9.17) is 0 Å². The van der Waals surface area contributed by atoms with Gasteiger partial charge in [0.2, 0.25) is 5.43 Å². The van der Waals surface area contributed by atoms with E-state index in [2.05, 4.69) is 17.1 Å². The van der Waals surface area contributed by atoms with Gasteiger partial charge in [-0.2, -0.15) is 5.01 Å². The Balaban J connectivity index is 1.98. The molecule has 1 N–H and O–H groups in total. The van der Waals surface area contributed by atoms with Gasteiger partial charge in [0.05, 0.1) is 0 Å². The number of hydrogen-bond acceptors (Lipinski definition) is 4. The van der Waals surface area contributed by atoms with Crippen molar-refractivity contribution in [2.75, 3.05) is 13.1 Å². The highest BCUT2D eigenvalue weighted by atomic mass is 16.3. The number of fused-ring (bicyclic) bond motifs is 1. The Morgan fingerprint density at radius 3 is 2.33 bits per heavy atom. The van der Waals surface area contributed by atoms with Crippen LogP contribution in [0.2, 0.25) is 0 Å². The summed E-state index contributed by atoms with van der Waals surface area (Å²) in [7, 11) is 0. The Hall–Kier alpha value is -2.60. The molecule has 4 rings (SSSR count). The van der Waals surface area contributed by atoms with Crippen LogP contribution in [0, 0.1) is 0 Å². The Labute approximate surface area is 158 Å². The second-order valence-electron chi connectivity index (χ2n) is 7.31. The molecule has 0 bridgehead atoms. The molecule has 1 aliphatic heterocycles. The predicted molar refractivity (Wildman–Crippen MR) is 102 cm³/mol. The summed E-state index contributed by atoms with van der Waals surface area (Å²) in [6.45, 7) is 5.09. The Bertz CT molecular complexity index is 918. The molecule has 2 aromatic rings. The Morgan fingerprint density at radius 2 is 1.78 bits per heavy atom. The normalized spacial score (nSPS) is 21.6. The molecule has 1 amide bonds. The van der Waals surface area contributed by atoms with Gasteiger partial charge in [-0.15, -0.1) is 0 Å². The van der Waals surface area contributed by atoms with Gasteiger partial charge < -0.3 is 9.67 Å². The summed E-state index contributed by atoms with van der Waals surface area (Å²) in [6.07, 6.45) is 4.60. The second kappa shape index (κ2) is 6.53. The molecule has 1 atom stereocenters. The van der Waals surface area contributed by atoms with E-state index in [0.29, 0.717) is 13.1 Å². The van der Waals surface area contributed by atoms with E-state index in [-0.39, 0.29) is 23.2 Å². The first kappa shape index (κ1) is 17.8. The van der Waals surface area contributed by atoms with Crippen LogP contribution in [0.25, 0.3) is 0 Å². The summed E-state index contributed by atoms with van der Waals surface area (Å²) in [5.41, 5.74) is 0.647. The maximum Gasteiger partial charge on any atom is 0.288 e. The molecule has 27 heavy (non-hydrogen) atoms. The van der Waals surface area contributed by atoms with E-state index in [1.54, 1.807) is 11.2 Å². The number of hydrogen-bond donors (Lipinski definition) is 1. The third-order valence-corrected chi connectivity index (χ3v) is 6.11. The fourth-order valence-corrected chi connectivity index (χ4v) is 4.71. The fraction of sp³-hybridized carbons (Fsp3) is 0.429. The number of benzene rings is 1. The molecule has 2 heterocycles. The molecule has 6 heteroatoms. The van der Waals surface area contributed by atoms with Crippen LogP contribution in [-0.2, 0) is 5.41 Å². The maximum absolute atomic E-state index is 13.1. The van der Waals surface area contributed by atoms with E-state index >= 15 is 0 Å². The van der Waals surface area contributed by atoms with Gasteiger partial charge in [-0.05, 0) is 25.3 Å². The van der Waals surface area contributed by atoms with Gasteiger partial charge in [0.25, 0.3) is 5.91 Å². The molecule has 6 nitrogen and oxygen atoms in total. The number of nitrogens with zero attached hydrogens (tertiary/aromatic N) is 3. The lowest BCUT2D eigenvalue weighted by molar-refractivity contribution is -0.116. The van der Waals surface area contributed by atoms with Crippen LogP contribution < -0.4 is 5.43 Å². The number of pyridine rings is 1. The molecular formula is C21H25N3O3. The zero-order valence-corrected chi connectivity index (χ0v) is 15.8. The van der Waals surface area contributed by atoms with Gasteiger partial charge in [0.1, 0.15) is 6.17 Å². The summed E-state index contributed by atoms with van der Waals surface area (Å²) >= 11 is 0. The van der Waals surface area contributed by atoms with Crippen molar-refractivity contribution in [3.05, 3.63) is 64.1 Å². The number of likely N-dealkylation sites (N-methyl/N-ethyl adjacent to an activating group) is 1. The van der Waals surface area contributed by atoms with Crippen LogP contribution in [0.4, 0.5) is 0 Å². The van der Waals surface area contributed by atoms with Crippen LogP contribution in [0.5, 0.6) is 5.75 Å². The minimum Gasteiger partial charge on any atom is -0.503 e. The van der Waals surface area contributed by atoms with Gasteiger partial charge in [0.15, 0.2) is 11.4 Å². The van der Waals surface area contributed by atoms with E-state index < -0.39 is 11.2 Å². The molecule has 1 aromatic carbocycles. The van der Waals surface area contributed by atoms with Crippen molar-refractivity contribution in [1.82, 2.24) is 14.6 Å². The highest BCUT2D eigenvalue weighted by Crippen LogP contribution is 2.54. The van der Waals surface area contributed by atoms with E-state index in [1.807, 2.05) is 36.6 Å². The molecule has 1 saturated carbocycles. The topological polar surface area (TPSA) is 65.8 Å². The van der Waals surface area contributed by atoms with Gasteiger partial charge in [-0.25, -0.2) is 0 Å². The first-order valence-electron chi connectivity index (χ1n) is 9.63. The SMILES string of the molecule is CCN1C(=O)c2c(O)c(=O)ccn2C(C2(c3ccccc3)CCC2)N1CC. The van der Waals surface area contributed by atoms with Crippen LogP contribution in [0.15, 0.2) is 47.4 Å². The molecule has 0 saturated heterocycles. The monoisotopic (exact) mass is 367 g/mol. The summed E-state index contributed by atoms with van der Waals surface area (Å²) in [5.74, 6) is -0.780. The quantitative estimate of drug-likeness (QED) is 0.902. The van der Waals surface area contributed by atoms with Crippen molar-refractivity contribution >= 4 is 5.91 Å². The molecule has 2 aliphatic rings. The number of hydrazine groups is 1. The van der Waals surface area contributed by atoms with Crippen molar-refractivity contribution in [2.24, 2.45) is 0 Å². The minimum atomic E-state index is -0.517. The van der Waals surface area contributed by atoms with Gasteiger partial charge in [0, 0.05) is 30.8 Å². The summed E-state index contributed by atoms with van der Waals surface area (Å²) in [6, 6.07) is 11.7. The summed E-state index contributed by atoms with van der Waals surface area (Å²) in [5, 5.41) is 14.2. The molecule has 1 aliphatic carbocycles. The van der Waals surface area contributed by atoms with Crippen molar-refractivity contribution in [1.29, 1.82) is 0 Å². The molecule has 1 fully saturated rings. The lowest BCUT2D eigenvalue weighted by Crippen LogP contribution is -2.62. The highest BCUT2D eigenvalue weighted by Gasteiger charge is 2.53. The van der Waals surface area contributed by atoms with Crippen LogP contribution in [0.1, 0.15) is 55.3 Å². The first-order valence-corrected chi connectivity index (χ1v) is 9.63. The highest BCUT2D eigenvalue weighted by molar-refractivity contribution is 5.95. The maximum atomic E-state index is 13.1. The minimum absolute atomic E-state index is 0.0984. The Morgan fingerprint density at radius 1 is 1.07 bits per heavy atom. The van der Waals surface area contributed by atoms with Gasteiger partial charge in [-0.1, -0.05) is 43.7 Å². The van der Waals surface area contributed by atoms with Gasteiger partial charge >= 0.3 is 0 Å². The number of aromatic nitrogens is 1. The smallest absolute Gasteiger partial charge is 0.288 e. The largest absolute Gasteiger partial charge is 0.503 e. The van der Waals surface area contributed by atoms with Crippen LogP contribution in [0.3, 0.4) is 0 Å². The molecule has 142 valence electrons. The number of rotatable bonds is 4. The zero-order chi connectivity index (χ0) is 19.2. The van der Waals surface area contributed by atoms with E-state index in [9.17, 15) is 14.7 Å². The lowest BCUT2D eigenvalue weighted by atomic mass is 9.61. The first-order chi connectivity index (χ1) is 13.0. The fourth-order valence-electron chi connectivity index (χ4n) is 4.71. The summed E-state index contributed by atoms with van der Waals surface area (Å²) < 4.78 is 1.82. The van der Waals surface area contributed by atoms with Gasteiger partial charge in [-0.3, -0.25) is 14.6 Å². The van der Waals surface area contributed by atoms with Crippen LogP contribution >= 0.6 is 0 Å². The zero-order valence-electron chi connectivity index (χ0n) is 15.8. The third kappa shape index (κ3) is 2.43. The summed E-state index contributed by atoms with van der Waals surface area (Å²) in [4.78, 5) is 25.1. The van der Waals surface area contributed by atoms with Crippen molar-refractivity contribution in [3.63, 3.8) is 0 Å². The molecule has 1 unspecified atom stereocenters. The van der Waals surface area contributed by atoms with Crippen molar-refractivity contribution in [3.8, 4) is 5.75 Å². The average Bonchev–Trinajstić information content (AvgIpc) is 2.65. The standard InChI is InChI=1S/C21H25N3O3/c1-3-23-19(27)17-18(26)16(25)11-14-22(17)20(24(23)4-2)21(12-8-13-21)15-9-6-5-7-10-15/h5-7,9-11,14,20,26H,3-4,8,12-13H2,1-2H3. The molecular weight excluding hydrogens is 342 g/mol. The van der Waals surface area contributed by atoms with E-state index in [1.165, 1.54) is 11.6 Å². The second-order valence-corrected chi connectivity index (χ2v) is 7.31. The van der Waals surface area contributed by atoms with Crippen LogP contribution in [-0.4, -0.2) is 38.7 Å². The lowest BCUT2D eigenvalue weighted by Gasteiger charge is -2.56. The number of carbonyl (C=O) groups is 1. The van der Waals surface area contributed by atoms with Crippen molar-refractivity contribution in [2.45, 2.75) is 44.7 Å². The van der Waals surface area contributed by atoms with Crippen molar-refractivity contribution < 1.29 is 9.90 Å². The number of carbonyl (C=O) groups excluding carboxylic acids is 1. The predicted octanol–water partition coefficient (Wildman–Crippen LogP) is 2.89. The molecule has 0 spiro atoms. The number of aromatic hydroxyl groups is 1.